The average molecular weight is 306 g/mol. The van der Waals surface area contributed by atoms with Crippen LogP contribution in [0, 0.1) is 0 Å². The van der Waals surface area contributed by atoms with E-state index in [1.54, 1.807) is 6.07 Å². The number of nitrogens with zero attached hydrogens (tertiary/aromatic N) is 2. The molecule has 0 saturated heterocycles. The highest BCUT2D eigenvalue weighted by Crippen LogP contribution is 2.14. The number of aromatic carboxylic acids is 1. The number of anilines is 1. The SMILES string of the molecule is CCc1cc(C(=O)Nc2ccnc(C(=O)O)c2)cc(Cl)n1. The minimum absolute atomic E-state index is 0.144. The number of aryl methyl sites for hydroxylation is 1. The van der Waals surface area contributed by atoms with Crippen LogP contribution in [0.2, 0.25) is 5.15 Å². The van der Waals surface area contributed by atoms with Crippen LogP contribution in [0.25, 0.3) is 0 Å². The second-order valence-electron chi connectivity index (χ2n) is 4.21. The summed E-state index contributed by atoms with van der Waals surface area (Å²) in [6, 6.07) is 5.88. The van der Waals surface area contributed by atoms with E-state index < -0.39 is 11.9 Å². The fourth-order valence-corrected chi connectivity index (χ4v) is 1.92. The predicted molar refractivity (Wildman–Crippen MR) is 77.8 cm³/mol. The van der Waals surface area contributed by atoms with Gasteiger partial charge < -0.3 is 10.4 Å². The molecular formula is C14H12ClN3O3. The van der Waals surface area contributed by atoms with Crippen LogP contribution in [-0.4, -0.2) is 27.0 Å². The van der Waals surface area contributed by atoms with E-state index in [9.17, 15) is 9.59 Å². The number of carboxylic acids is 1. The zero-order chi connectivity index (χ0) is 15.4. The summed E-state index contributed by atoms with van der Waals surface area (Å²) >= 11 is 5.86. The monoisotopic (exact) mass is 305 g/mol. The number of hydrogen-bond donors (Lipinski definition) is 2. The van der Waals surface area contributed by atoms with Gasteiger partial charge in [-0.15, -0.1) is 0 Å². The number of carboxylic acid groups (broad SMARTS) is 1. The van der Waals surface area contributed by atoms with Crippen LogP contribution in [-0.2, 0) is 6.42 Å². The van der Waals surface area contributed by atoms with Crippen molar-refractivity contribution in [1.82, 2.24) is 9.97 Å². The fourth-order valence-electron chi connectivity index (χ4n) is 1.69. The average Bonchev–Trinajstić information content (AvgIpc) is 2.46. The molecule has 2 aromatic heterocycles. The van der Waals surface area contributed by atoms with E-state index in [0.717, 1.165) is 0 Å². The van der Waals surface area contributed by atoms with Crippen LogP contribution in [0.3, 0.4) is 0 Å². The Morgan fingerprint density at radius 3 is 2.76 bits per heavy atom. The van der Waals surface area contributed by atoms with Gasteiger partial charge in [0.2, 0.25) is 0 Å². The van der Waals surface area contributed by atoms with Crippen molar-refractivity contribution in [3.05, 3.63) is 52.6 Å². The van der Waals surface area contributed by atoms with E-state index in [0.29, 0.717) is 23.4 Å². The van der Waals surface area contributed by atoms with Crippen LogP contribution in [0.15, 0.2) is 30.5 Å². The summed E-state index contributed by atoms with van der Waals surface area (Å²) in [5.74, 6) is -1.55. The Kier molecular flexibility index (Phi) is 4.49. The standard InChI is InChI=1S/C14H12ClN3O3/c1-2-9-5-8(6-12(15)17-9)13(19)18-10-3-4-16-11(7-10)14(20)21/h3-7H,2H2,1H3,(H,20,21)(H,16,18,19). The topological polar surface area (TPSA) is 92.2 Å². The molecule has 2 aromatic rings. The lowest BCUT2D eigenvalue weighted by molar-refractivity contribution is 0.0690. The van der Waals surface area contributed by atoms with E-state index in [1.165, 1.54) is 24.4 Å². The first-order valence-corrected chi connectivity index (χ1v) is 6.54. The van der Waals surface area contributed by atoms with Gasteiger partial charge in [0.05, 0.1) is 0 Å². The van der Waals surface area contributed by atoms with Gasteiger partial charge >= 0.3 is 5.97 Å². The first-order chi connectivity index (χ1) is 9.99. The Bertz CT molecular complexity index is 704. The van der Waals surface area contributed by atoms with Gasteiger partial charge in [-0.05, 0) is 30.7 Å². The minimum atomic E-state index is -1.16. The normalized spacial score (nSPS) is 10.2. The van der Waals surface area contributed by atoms with Crippen molar-refractivity contribution in [2.75, 3.05) is 5.32 Å². The molecule has 2 heterocycles. The Morgan fingerprint density at radius 2 is 2.10 bits per heavy atom. The maximum absolute atomic E-state index is 12.2. The van der Waals surface area contributed by atoms with Crippen molar-refractivity contribution in [2.45, 2.75) is 13.3 Å². The molecule has 0 aliphatic carbocycles. The molecule has 0 bridgehead atoms. The number of rotatable bonds is 4. The Balaban J connectivity index is 2.23. The Morgan fingerprint density at radius 1 is 1.33 bits per heavy atom. The first-order valence-electron chi connectivity index (χ1n) is 6.16. The van der Waals surface area contributed by atoms with Crippen molar-refractivity contribution in [2.24, 2.45) is 0 Å². The molecular weight excluding hydrogens is 294 g/mol. The van der Waals surface area contributed by atoms with E-state index in [-0.39, 0.29) is 10.8 Å². The number of halogens is 1. The van der Waals surface area contributed by atoms with E-state index in [4.69, 9.17) is 16.7 Å². The van der Waals surface area contributed by atoms with E-state index in [2.05, 4.69) is 15.3 Å². The molecule has 0 radical (unpaired) electrons. The third-order valence-electron chi connectivity index (χ3n) is 2.71. The predicted octanol–water partition coefficient (Wildman–Crippen LogP) is 2.64. The maximum Gasteiger partial charge on any atom is 0.354 e. The Labute approximate surface area is 125 Å². The fraction of sp³-hybridized carbons (Fsp3) is 0.143. The minimum Gasteiger partial charge on any atom is -0.477 e. The molecule has 2 N–H and O–H groups in total. The smallest absolute Gasteiger partial charge is 0.354 e. The van der Waals surface area contributed by atoms with Crippen LogP contribution in [0.1, 0.15) is 33.5 Å². The van der Waals surface area contributed by atoms with Gasteiger partial charge in [0.15, 0.2) is 0 Å². The Hall–Kier alpha value is -2.47. The third-order valence-corrected chi connectivity index (χ3v) is 2.90. The lowest BCUT2D eigenvalue weighted by Crippen LogP contribution is -2.13. The summed E-state index contributed by atoms with van der Waals surface area (Å²) in [6.45, 7) is 1.91. The molecule has 0 saturated carbocycles. The number of carbonyl (C=O) groups excluding carboxylic acids is 1. The van der Waals surface area contributed by atoms with Gasteiger partial charge in [0.25, 0.3) is 5.91 Å². The second kappa shape index (κ2) is 6.32. The number of nitrogens with one attached hydrogen (secondary N) is 1. The third kappa shape index (κ3) is 3.76. The number of carbonyl (C=O) groups is 2. The molecule has 7 heteroatoms. The second-order valence-corrected chi connectivity index (χ2v) is 4.60. The van der Waals surface area contributed by atoms with E-state index in [1.807, 2.05) is 6.92 Å². The van der Waals surface area contributed by atoms with Crippen molar-refractivity contribution >= 4 is 29.2 Å². The van der Waals surface area contributed by atoms with Gasteiger partial charge in [-0.2, -0.15) is 0 Å². The quantitative estimate of drug-likeness (QED) is 0.847. The van der Waals surface area contributed by atoms with Crippen LogP contribution < -0.4 is 5.32 Å². The highest BCUT2D eigenvalue weighted by atomic mass is 35.5. The van der Waals surface area contributed by atoms with Crippen LogP contribution >= 0.6 is 11.6 Å². The molecule has 108 valence electrons. The van der Waals surface area contributed by atoms with Gasteiger partial charge in [-0.3, -0.25) is 4.79 Å². The number of hydrogen-bond acceptors (Lipinski definition) is 4. The van der Waals surface area contributed by atoms with Crippen molar-refractivity contribution in [3.8, 4) is 0 Å². The maximum atomic E-state index is 12.2. The van der Waals surface area contributed by atoms with Crippen molar-refractivity contribution in [3.63, 3.8) is 0 Å². The summed E-state index contributed by atoms with van der Waals surface area (Å²) < 4.78 is 0. The summed E-state index contributed by atoms with van der Waals surface area (Å²) in [5, 5.41) is 11.7. The largest absolute Gasteiger partial charge is 0.477 e. The molecule has 0 unspecified atom stereocenters. The molecule has 0 atom stereocenters. The lowest BCUT2D eigenvalue weighted by atomic mass is 10.2. The highest BCUT2D eigenvalue weighted by molar-refractivity contribution is 6.29. The first kappa shape index (κ1) is 14.9. The molecule has 21 heavy (non-hydrogen) atoms. The van der Waals surface area contributed by atoms with Gasteiger partial charge in [-0.25, -0.2) is 14.8 Å². The number of amides is 1. The molecule has 0 spiro atoms. The molecule has 0 aromatic carbocycles. The molecule has 0 aliphatic heterocycles. The summed E-state index contributed by atoms with van der Waals surface area (Å²) in [6.07, 6.45) is 1.97. The lowest BCUT2D eigenvalue weighted by Gasteiger charge is -2.07. The molecule has 6 nitrogen and oxygen atoms in total. The van der Waals surface area contributed by atoms with Crippen molar-refractivity contribution < 1.29 is 14.7 Å². The van der Waals surface area contributed by atoms with Crippen molar-refractivity contribution in [1.29, 1.82) is 0 Å². The van der Waals surface area contributed by atoms with Gasteiger partial charge in [0.1, 0.15) is 10.8 Å². The van der Waals surface area contributed by atoms with Gasteiger partial charge in [0, 0.05) is 23.1 Å². The summed E-state index contributed by atoms with van der Waals surface area (Å²) in [7, 11) is 0. The zero-order valence-corrected chi connectivity index (χ0v) is 11.9. The summed E-state index contributed by atoms with van der Waals surface area (Å²) in [5.41, 5.74) is 1.27. The van der Waals surface area contributed by atoms with Gasteiger partial charge in [-0.1, -0.05) is 18.5 Å². The van der Waals surface area contributed by atoms with E-state index >= 15 is 0 Å². The highest BCUT2D eigenvalue weighted by Gasteiger charge is 2.11. The zero-order valence-electron chi connectivity index (χ0n) is 11.1. The van der Waals surface area contributed by atoms with Crippen LogP contribution in [0.4, 0.5) is 5.69 Å². The summed E-state index contributed by atoms with van der Waals surface area (Å²) in [4.78, 5) is 30.7. The molecule has 0 fully saturated rings. The molecule has 1 amide bonds. The molecule has 0 aliphatic rings. The number of aromatic nitrogens is 2. The van der Waals surface area contributed by atoms with Crippen LogP contribution in [0.5, 0.6) is 0 Å². The molecule has 2 rings (SSSR count). The number of pyridine rings is 2.